The Morgan fingerprint density at radius 3 is 2.55 bits per heavy atom. The Morgan fingerprint density at radius 2 is 2.00 bits per heavy atom. The minimum atomic E-state index is 0.0666. The van der Waals surface area contributed by atoms with E-state index in [4.69, 9.17) is 5.73 Å². The summed E-state index contributed by atoms with van der Waals surface area (Å²) in [4.78, 5) is 14.1. The molecule has 1 unspecified atom stereocenters. The molecule has 0 spiro atoms. The number of anilines is 1. The second kappa shape index (κ2) is 8.59. The smallest absolute Gasteiger partial charge is 0.239 e. The minimum Gasteiger partial charge on any atom is -0.362 e. The van der Waals surface area contributed by atoms with Crippen molar-refractivity contribution in [3.8, 4) is 0 Å². The van der Waals surface area contributed by atoms with Gasteiger partial charge >= 0.3 is 0 Å². The Morgan fingerprint density at radius 1 is 1.35 bits per heavy atom. The molecule has 0 radical (unpaired) electrons. The highest BCUT2D eigenvalue weighted by molar-refractivity contribution is 5.81. The van der Waals surface area contributed by atoms with Gasteiger partial charge in [-0.15, -0.1) is 0 Å². The van der Waals surface area contributed by atoms with Gasteiger partial charge in [-0.3, -0.25) is 4.79 Å². The van der Waals surface area contributed by atoms with Crippen molar-refractivity contribution in [1.82, 2.24) is 5.32 Å². The van der Waals surface area contributed by atoms with Crippen molar-refractivity contribution < 1.29 is 4.79 Å². The van der Waals surface area contributed by atoms with Crippen molar-refractivity contribution in [2.24, 2.45) is 5.73 Å². The van der Waals surface area contributed by atoms with E-state index in [1.807, 2.05) is 6.92 Å². The maximum absolute atomic E-state index is 12.0. The van der Waals surface area contributed by atoms with Crippen molar-refractivity contribution in [3.05, 3.63) is 29.8 Å². The average Bonchev–Trinajstić information content (AvgIpc) is 2.44. The molecule has 3 N–H and O–H groups in total. The first-order chi connectivity index (χ1) is 9.56. The quantitative estimate of drug-likeness (QED) is 0.765. The summed E-state index contributed by atoms with van der Waals surface area (Å²) in [6, 6.07) is 8.47. The van der Waals surface area contributed by atoms with Gasteiger partial charge in [0, 0.05) is 18.3 Å². The van der Waals surface area contributed by atoms with Crippen LogP contribution in [0.25, 0.3) is 0 Å². The fourth-order valence-electron chi connectivity index (χ4n) is 1.93. The normalized spacial score (nSPS) is 12.0. The number of carbonyl (C=O) groups is 1. The molecule has 0 fully saturated rings. The minimum absolute atomic E-state index is 0.0666. The number of aryl methyl sites for hydroxylation is 1. The van der Waals surface area contributed by atoms with Crippen LogP contribution in [0.15, 0.2) is 24.3 Å². The number of hydrogen-bond donors (Lipinski definition) is 2. The van der Waals surface area contributed by atoms with Crippen molar-refractivity contribution in [2.45, 2.75) is 39.7 Å². The lowest BCUT2D eigenvalue weighted by Crippen LogP contribution is -2.41. The fraction of sp³-hybridized carbons (Fsp3) is 0.562. The predicted octanol–water partition coefficient (Wildman–Crippen LogP) is 2.06. The van der Waals surface area contributed by atoms with Crippen LogP contribution in [-0.4, -0.2) is 31.6 Å². The van der Waals surface area contributed by atoms with Crippen LogP contribution in [-0.2, 0) is 4.79 Å². The van der Waals surface area contributed by atoms with Gasteiger partial charge in [-0.05, 0) is 45.4 Å². The molecule has 0 aliphatic rings. The van der Waals surface area contributed by atoms with Crippen molar-refractivity contribution >= 4 is 11.6 Å². The lowest BCUT2D eigenvalue weighted by molar-refractivity contribution is -0.120. The monoisotopic (exact) mass is 277 g/mol. The summed E-state index contributed by atoms with van der Waals surface area (Å²) in [5, 5.41) is 3.01. The Kier molecular flexibility index (Phi) is 7.09. The number of nitrogens with two attached hydrogens (primary N) is 1. The lowest BCUT2D eigenvalue weighted by Gasteiger charge is -2.25. The molecular formula is C16H27N3O. The van der Waals surface area contributed by atoms with Crippen LogP contribution in [0.4, 0.5) is 5.69 Å². The molecule has 0 bridgehead atoms. The Balaban J connectivity index is 2.68. The third-order valence-electron chi connectivity index (χ3n) is 3.39. The van der Waals surface area contributed by atoms with Gasteiger partial charge < -0.3 is 16.0 Å². The zero-order chi connectivity index (χ0) is 15.0. The molecule has 0 aliphatic carbocycles. The molecule has 1 aromatic rings. The second-order valence-corrected chi connectivity index (χ2v) is 5.28. The van der Waals surface area contributed by atoms with Gasteiger partial charge in [0.05, 0.1) is 6.54 Å². The molecule has 1 atom stereocenters. The van der Waals surface area contributed by atoms with E-state index in [0.29, 0.717) is 13.1 Å². The summed E-state index contributed by atoms with van der Waals surface area (Å²) in [7, 11) is 0. The molecule has 1 rings (SSSR count). The van der Waals surface area contributed by atoms with E-state index in [1.54, 1.807) is 0 Å². The summed E-state index contributed by atoms with van der Waals surface area (Å²) in [6.45, 7) is 7.96. The maximum Gasteiger partial charge on any atom is 0.239 e. The summed E-state index contributed by atoms with van der Waals surface area (Å²) < 4.78 is 0. The molecule has 0 saturated heterocycles. The molecule has 1 aromatic carbocycles. The van der Waals surface area contributed by atoms with E-state index in [-0.39, 0.29) is 11.9 Å². The van der Waals surface area contributed by atoms with Crippen molar-refractivity contribution in [1.29, 1.82) is 0 Å². The topological polar surface area (TPSA) is 58.4 Å². The first-order valence-corrected chi connectivity index (χ1v) is 7.37. The molecule has 0 saturated carbocycles. The highest BCUT2D eigenvalue weighted by Crippen LogP contribution is 2.15. The van der Waals surface area contributed by atoms with Gasteiger partial charge in [0.25, 0.3) is 0 Å². The van der Waals surface area contributed by atoms with Crippen molar-refractivity contribution in [2.75, 3.05) is 24.5 Å². The van der Waals surface area contributed by atoms with E-state index in [9.17, 15) is 4.79 Å². The third-order valence-corrected chi connectivity index (χ3v) is 3.39. The SMILES string of the molecule is CCC(C)NC(=O)CN(CCCN)c1ccc(C)cc1. The number of hydrogen-bond acceptors (Lipinski definition) is 3. The van der Waals surface area contributed by atoms with Crippen LogP contribution in [0.5, 0.6) is 0 Å². The Hall–Kier alpha value is -1.55. The zero-order valence-corrected chi connectivity index (χ0v) is 12.9. The number of nitrogens with one attached hydrogen (secondary N) is 1. The number of benzene rings is 1. The first kappa shape index (κ1) is 16.5. The summed E-state index contributed by atoms with van der Waals surface area (Å²) in [5.74, 6) is 0.0666. The first-order valence-electron chi connectivity index (χ1n) is 7.37. The average molecular weight is 277 g/mol. The summed E-state index contributed by atoms with van der Waals surface area (Å²) in [5.41, 5.74) is 7.88. The molecule has 20 heavy (non-hydrogen) atoms. The molecule has 4 nitrogen and oxygen atoms in total. The van der Waals surface area contributed by atoms with E-state index in [2.05, 4.69) is 48.3 Å². The van der Waals surface area contributed by atoms with Crippen LogP contribution < -0.4 is 16.0 Å². The summed E-state index contributed by atoms with van der Waals surface area (Å²) in [6.07, 6.45) is 1.82. The standard InChI is InChI=1S/C16H27N3O/c1-4-14(3)18-16(20)12-19(11-5-10-17)15-8-6-13(2)7-9-15/h6-9,14H,4-5,10-12,17H2,1-3H3,(H,18,20). The van der Waals surface area contributed by atoms with E-state index in [0.717, 1.165) is 25.1 Å². The van der Waals surface area contributed by atoms with Gasteiger partial charge in [-0.25, -0.2) is 0 Å². The zero-order valence-electron chi connectivity index (χ0n) is 12.9. The van der Waals surface area contributed by atoms with Gasteiger partial charge in [0.1, 0.15) is 0 Å². The van der Waals surface area contributed by atoms with Gasteiger partial charge in [-0.1, -0.05) is 24.6 Å². The molecule has 0 heterocycles. The number of rotatable bonds is 8. The number of amides is 1. The number of carbonyl (C=O) groups excluding carboxylic acids is 1. The van der Waals surface area contributed by atoms with Gasteiger partial charge in [0.15, 0.2) is 0 Å². The highest BCUT2D eigenvalue weighted by Gasteiger charge is 2.12. The molecule has 112 valence electrons. The predicted molar refractivity (Wildman–Crippen MR) is 85.0 cm³/mol. The largest absolute Gasteiger partial charge is 0.362 e. The van der Waals surface area contributed by atoms with Crippen LogP contribution in [0.3, 0.4) is 0 Å². The van der Waals surface area contributed by atoms with E-state index >= 15 is 0 Å². The molecular weight excluding hydrogens is 250 g/mol. The Bertz CT molecular complexity index is 403. The van der Waals surface area contributed by atoms with E-state index < -0.39 is 0 Å². The summed E-state index contributed by atoms with van der Waals surface area (Å²) >= 11 is 0. The van der Waals surface area contributed by atoms with Gasteiger partial charge in [-0.2, -0.15) is 0 Å². The van der Waals surface area contributed by atoms with Crippen LogP contribution >= 0.6 is 0 Å². The molecule has 0 aliphatic heterocycles. The van der Waals surface area contributed by atoms with Crippen LogP contribution in [0, 0.1) is 6.92 Å². The van der Waals surface area contributed by atoms with Crippen LogP contribution in [0.2, 0.25) is 0 Å². The second-order valence-electron chi connectivity index (χ2n) is 5.28. The third kappa shape index (κ3) is 5.61. The number of nitrogens with zero attached hydrogens (tertiary/aromatic N) is 1. The van der Waals surface area contributed by atoms with Crippen LogP contribution in [0.1, 0.15) is 32.3 Å². The van der Waals surface area contributed by atoms with Crippen molar-refractivity contribution in [3.63, 3.8) is 0 Å². The Labute approximate surface area is 122 Å². The fourth-order valence-corrected chi connectivity index (χ4v) is 1.93. The lowest BCUT2D eigenvalue weighted by atomic mass is 10.2. The molecule has 4 heteroatoms. The molecule has 1 amide bonds. The highest BCUT2D eigenvalue weighted by atomic mass is 16.2. The molecule has 0 aromatic heterocycles. The van der Waals surface area contributed by atoms with E-state index in [1.165, 1.54) is 5.56 Å². The maximum atomic E-state index is 12.0. The van der Waals surface area contributed by atoms with Gasteiger partial charge in [0.2, 0.25) is 5.91 Å².